The van der Waals surface area contributed by atoms with Gasteiger partial charge in [-0.1, -0.05) is 24.3 Å². The Labute approximate surface area is 193 Å². The monoisotopic (exact) mass is 491 g/mol. The Bertz CT molecular complexity index is 1210. The zero-order chi connectivity index (χ0) is 22.5. The van der Waals surface area contributed by atoms with E-state index >= 15 is 0 Å². The Hall–Kier alpha value is -3.71. The minimum absolute atomic E-state index is 0.187. The Kier molecular flexibility index (Phi) is 6.47. The number of cyclic esters (lactones) is 1. The van der Waals surface area contributed by atoms with Crippen LogP contribution in [0.3, 0.4) is 0 Å². The van der Waals surface area contributed by atoms with Crippen LogP contribution >= 0.6 is 15.9 Å². The molecular weight excluding hydrogens is 474 g/mol. The van der Waals surface area contributed by atoms with Gasteiger partial charge in [0, 0.05) is 10.0 Å². The molecule has 3 aromatic rings. The third kappa shape index (κ3) is 4.95. The molecule has 0 aromatic heterocycles. The number of nitrogens with zero attached hydrogens (tertiary/aromatic N) is 1. The van der Waals surface area contributed by atoms with Crippen molar-refractivity contribution in [3.8, 4) is 11.5 Å². The molecule has 1 heterocycles. The van der Waals surface area contributed by atoms with E-state index in [1.54, 1.807) is 72.8 Å². The van der Waals surface area contributed by atoms with Crippen LogP contribution in [0, 0.1) is 0 Å². The van der Waals surface area contributed by atoms with Gasteiger partial charge in [0.1, 0.15) is 11.5 Å². The average Bonchev–Trinajstić information content (AvgIpc) is 3.16. The summed E-state index contributed by atoms with van der Waals surface area (Å²) in [4.78, 5) is 28.9. The second-order valence-corrected chi connectivity index (χ2v) is 7.59. The summed E-state index contributed by atoms with van der Waals surface area (Å²) in [6.45, 7) is 2.48. The lowest BCUT2D eigenvalue weighted by Gasteiger charge is -2.06. The number of esters is 2. The SMILES string of the molecule is CCOc1ccc(C2=N/C(=C\c3ccc(OC(=O)c4ccccc4Br)cc3)C(=O)O2)cc1. The van der Waals surface area contributed by atoms with E-state index in [9.17, 15) is 9.59 Å². The summed E-state index contributed by atoms with van der Waals surface area (Å²) in [6, 6.07) is 21.0. The maximum absolute atomic E-state index is 12.3. The molecule has 0 atom stereocenters. The minimum Gasteiger partial charge on any atom is -0.494 e. The summed E-state index contributed by atoms with van der Waals surface area (Å²) in [5, 5.41) is 0. The average molecular weight is 492 g/mol. The van der Waals surface area contributed by atoms with Crippen LogP contribution in [-0.4, -0.2) is 24.4 Å². The molecule has 4 rings (SSSR count). The highest BCUT2D eigenvalue weighted by atomic mass is 79.9. The second kappa shape index (κ2) is 9.62. The van der Waals surface area contributed by atoms with E-state index in [1.165, 1.54) is 0 Å². The maximum atomic E-state index is 12.3. The van der Waals surface area contributed by atoms with Crippen LogP contribution < -0.4 is 9.47 Å². The van der Waals surface area contributed by atoms with Gasteiger partial charge in [-0.05, 0) is 83.0 Å². The number of benzene rings is 3. The van der Waals surface area contributed by atoms with E-state index in [0.29, 0.717) is 33.5 Å². The van der Waals surface area contributed by atoms with Crippen molar-refractivity contribution in [3.63, 3.8) is 0 Å². The second-order valence-electron chi connectivity index (χ2n) is 6.73. The van der Waals surface area contributed by atoms with Crippen LogP contribution in [0.5, 0.6) is 11.5 Å². The van der Waals surface area contributed by atoms with Crippen molar-refractivity contribution < 1.29 is 23.8 Å². The molecule has 0 N–H and O–H groups in total. The Balaban J connectivity index is 1.47. The Morgan fingerprint density at radius 3 is 2.38 bits per heavy atom. The molecule has 32 heavy (non-hydrogen) atoms. The van der Waals surface area contributed by atoms with Crippen molar-refractivity contribution in [2.45, 2.75) is 6.92 Å². The number of carbonyl (C=O) groups is 2. The van der Waals surface area contributed by atoms with Crippen molar-refractivity contribution in [3.05, 3.63) is 99.7 Å². The van der Waals surface area contributed by atoms with E-state index < -0.39 is 11.9 Å². The summed E-state index contributed by atoms with van der Waals surface area (Å²) in [7, 11) is 0. The lowest BCUT2D eigenvalue weighted by Crippen LogP contribution is -2.09. The normalized spacial score (nSPS) is 14.1. The molecule has 0 spiro atoms. The molecule has 0 bridgehead atoms. The molecule has 0 saturated carbocycles. The van der Waals surface area contributed by atoms with E-state index in [-0.39, 0.29) is 11.6 Å². The standard InChI is InChI=1S/C25H18BrNO5/c1-2-30-18-13-9-17(10-14-18)23-27-22(25(29)32-23)15-16-7-11-19(12-8-16)31-24(28)20-5-3-4-6-21(20)26/h3-15H,2H2,1H3/b22-15-. The number of rotatable bonds is 6. The van der Waals surface area contributed by atoms with Gasteiger partial charge in [0.05, 0.1) is 12.2 Å². The zero-order valence-electron chi connectivity index (χ0n) is 17.1. The summed E-state index contributed by atoms with van der Waals surface area (Å²) in [5.74, 6) is 0.368. The molecule has 6 nitrogen and oxygen atoms in total. The van der Waals surface area contributed by atoms with Crippen LogP contribution in [0.2, 0.25) is 0 Å². The third-order valence-electron chi connectivity index (χ3n) is 4.52. The van der Waals surface area contributed by atoms with Crippen molar-refractivity contribution in [2.75, 3.05) is 6.61 Å². The van der Waals surface area contributed by atoms with Crippen molar-refractivity contribution in [2.24, 2.45) is 4.99 Å². The highest BCUT2D eigenvalue weighted by Crippen LogP contribution is 2.23. The fourth-order valence-corrected chi connectivity index (χ4v) is 3.42. The number of hydrogen-bond acceptors (Lipinski definition) is 6. The first kappa shape index (κ1) is 21.5. The number of ether oxygens (including phenoxy) is 3. The molecule has 0 amide bonds. The van der Waals surface area contributed by atoms with Crippen LogP contribution in [0.4, 0.5) is 0 Å². The van der Waals surface area contributed by atoms with Crippen molar-refractivity contribution in [1.82, 2.24) is 0 Å². The fraction of sp³-hybridized carbons (Fsp3) is 0.0800. The maximum Gasteiger partial charge on any atom is 0.363 e. The molecule has 3 aromatic carbocycles. The Morgan fingerprint density at radius 1 is 1.00 bits per heavy atom. The highest BCUT2D eigenvalue weighted by Gasteiger charge is 2.24. The molecule has 0 radical (unpaired) electrons. The van der Waals surface area contributed by atoms with Gasteiger partial charge in [-0.15, -0.1) is 0 Å². The summed E-state index contributed by atoms with van der Waals surface area (Å²) in [6.07, 6.45) is 1.61. The summed E-state index contributed by atoms with van der Waals surface area (Å²) < 4.78 is 16.8. The largest absolute Gasteiger partial charge is 0.494 e. The van der Waals surface area contributed by atoms with Crippen molar-refractivity contribution >= 4 is 39.8 Å². The smallest absolute Gasteiger partial charge is 0.363 e. The van der Waals surface area contributed by atoms with Gasteiger partial charge in [-0.3, -0.25) is 0 Å². The van der Waals surface area contributed by atoms with Gasteiger partial charge in [0.25, 0.3) is 0 Å². The third-order valence-corrected chi connectivity index (χ3v) is 5.21. The van der Waals surface area contributed by atoms with Gasteiger partial charge >= 0.3 is 11.9 Å². The molecular formula is C25H18BrNO5. The van der Waals surface area contributed by atoms with E-state index in [2.05, 4.69) is 20.9 Å². The molecule has 1 aliphatic rings. The zero-order valence-corrected chi connectivity index (χ0v) is 18.7. The lowest BCUT2D eigenvalue weighted by molar-refractivity contribution is -0.129. The number of hydrogen-bond donors (Lipinski definition) is 0. The van der Waals surface area contributed by atoms with Crippen molar-refractivity contribution in [1.29, 1.82) is 0 Å². The van der Waals surface area contributed by atoms with Gasteiger partial charge in [-0.25, -0.2) is 14.6 Å². The van der Waals surface area contributed by atoms with Gasteiger partial charge < -0.3 is 14.2 Å². The number of aliphatic imine (C=N–C) groups is 1. The number of halogens is 1. The van der Waals surface area contributed by atoms with Crippen LogP contribution in [0.1, 0.15) is 28.4 Å². The predicted molar refractivity (Wildman–Crippen MR) is 124 cm³/mol. The molecule has 0 unspecified atom stereocenters. The summed E-state index contributed by atoms with van der Waals surface area (Å²) in [5.41, 5.74) is 2.02. The first-order valence-electron chi connectivity index (χ1n) is 9.86. The first-order chi connectivity index (χ1) is 15.5. The molecule has 0 aliphatic carbocycles. The molecule has 7 heteroatoms. The summed E-state index contributed by atoms with van der Waals surface area (Å²) >= 11 is 3.34. The molecule has 1 aliphatic heterocycles. The number of carbonyl (C=O) groups excluding carboxylic acids is 2. The van der Waals surface area contributed by atoms with Gasteiger partial charge in [-0.2, -0.15) is 0 Å². The molecule has 160 valence electrons. The van der Waals surface area contributed by atoms with E-state index in [4.69, 9.17) is 14.2 Å². The quantitative estimate of drug-likeness (QED) is 0.261. The molecule has 0 saturated heterocycles. The van der Waals surface area contributed by atoms with Gasteiger partial charge in [0.2, 0.25) is 5.90 Å². The van der Waals surface area contributed by atoms with Crippen LogP contribution in [0.15, 0.2) is 88.0 Å². The topological polar surface area (TPSA) is 74.2 Å². The van der Waals surface area contributed by atoms with E-state index in [0.717, 1.165) is 5.75 Å². The lowest BCUT2D eigenvalue weighted by atomic mass is 10.2. The van der Waals surface area contributed by atoms with Crippen LogP contribution in [-0.2, 0) is 9.53 Å². The van der Waals surface area contributed by atoms with Crippen LogP contribution in [0.25, 0.3) is 6.08 Å². The highest BCUT2D eigenvalue weighted by molar-refractivity contribution is 9.10. The van der Waals surface area contributed by atoms with Gasteiger partial charge in [0.15, 0.2) is 5.70 Å². The first-order valence-corrected chi connectivity index (χ1v) is 10.7. The fourth-order valence-electron chi connectivity index (χ4n) is 2.97. The van der Waals surface area contributed by atoms with E-state index in [1.807, 2.05) is 13.0 Å². The Morgan fingerprint density at radius 2 is 1.69 bits per heavy atom. The molecule has 0 fully saturated rings. The predicted octanol–water partition coefficient (Wildman–Crippen LogP) is 5.41. The minimum atomic E-state index is -0.529.